The van der Waals surface area contributed by atoms with Crippen molar-refractivity contribution >= 4 is 33.5 Å². The fourth-order valence-corrected chi connectivity index (χ4v) is 5.08. The minimum Gasteiger partial charge on any atom is -0.478 e. The van der Waals surface area contributed by atoms with E-state index < -0.39 is 34.0 Å². The number of nitrogens with zero attached hydrogens (tertiary/aromatic N) is 2. The van der Waals surface area contributed by atoms with Gasteiger partial charge in [0.15, 0.2) is 0 Å². The fraction of sp³-hybridized carbons (Fsp3) is 0.269. The number of aromatic carboxylic acids is 1. The van der Waals surface area contributed by atoms with Gasteiger partial charge in [0.2, 0.25) is 0 Å². The second-order valence-corrected chi connectivity index (χ2v) is 10.6. The van der Waals surface area contributed by atoms with Crippen LogP contribution in [0.25, 0.3) is 0 Å². The molecule has 3 N–H and O–H groups in total. The van der Waals surface area contributed by atoms with E-state index in [0.29, 0.717) is 24.8 Å². The van der Waals surface area contributed by atoms with Gasteiger partial charge in [0.1, 0.15) is 17.2 Å². The molecule has 40 heavy (non-hydrogen) atoms. The molecule has 0 radical (unpaired) electrons. The molecule has 214 valence electrons. The number of rotatable bonds is 7. The number of sulfonamides is 1. The van der Waals surface area contributed by atoms with Crippen LogP contribution in [-0.2, 0) is 21.2 Å². The van der Waals surface area contributed by atoms with E-state index in [1.165, 1.54) is 17.8 Å². The maximum absolute atomic E-state index is 13.1. The predicted octanol–water partition coefficient (Wildman–Crippen LogP) is 4.81. The van der Waals surface area contributed by atoms with Crippen LogP contribution < -0.4 is 9.62 Å². The molecular weight excluding hydrogens is 558 g/mol. The molecule has 2 aromatic carbocycles. The number of carboxylic acid groups (broad SMARTS) is 2. The molecule has 0 saturated carbocycles. The van der Waals surface area contributed by atoms with Gasteiger partial charge in [0, 0.05) is 13.1 Å². The Morgan fingerprint density at radius 2 is 1.57 bits per heavy atom. The Bertz CT molecular complexity index is 1430. The van der Waals surface area contributed by atoms with E-state index in [2.05, 4.69) is 21.8 Å². The number of aliphatic carboxylic acids is 1. The first kappa shape index (κ1) is 30.3. The summed E-state index contributed by atoms with van der Waals surface area (Å²) in [6.07, 6.45) is -0.972. The summed E-state index contributed by atoms with van der Waals surface area (Å²) < 4.78 is 72.3. The Hall–Kier alpha value is -4.20. The molecule has 1 fully saturated rings. The van der Waals surface area contributed by atoms with Gasteiger partial charge >= 0.3 is 18.1 Å². The zero-order valence-electron chi connectivity index (χ0n) is 20.8. The van der Waals surface area contributed by atoms with Crippen molar-refractivity contribution in [2.45, 2.75) is 30.3 Å². The molecule has 0 spiro atoms. The maximum Gasteiger partial charge on any atom is 0.490 e. The number of pyridine rings is 1. The molecule has 9 nitrogen and oxygen atoms in total. The van der Waals surface area contributed by atoms with E-state index in [1.807, 2.05) is 23.1 Å². The van der Waals surface area contributed by atoms with Crippen molar-refractivity contribution in [1.82, 2.24) is 4.98 Å². The van der Waals surface area contributed by atoms with E-state index in [1.54, 1.807) is 0 Å². The molecule has 3 aromatic rings. The molecule has 1 aliphatic rings. The zero-order valence-corrected chi connectivity index (χ0v) is 21.6. The number of carboxylic acids is 2. The Kier molecular flexibility index (Phi) is 9.69. The maximum atomic E-state index is 13.1. The van der Waals surface area contributed by atoms with Crippen LogP contribution in [0, 0.1) is 11.7 Å². The number of halogens is 4. The number of carbonyl (C=O) groups is 2. The van der Waals surface area contributed by atoms with Gasteiger partial charge < -0.3 is 15.1 Å². The number of aromatic nitrogens is 1. The van der Waals surface area contributed by atoms with Crippen molar-refractivity contribution in [1.29, 1.82) is 0 Å². The van der Waals surface area contributed by atoms with E-state index in [9.17, 15) is 35.9 Å². The van der Waals surface area contributed by atoms with Gasteiger partial charge in [0.05, 0.1) is 16.8 Å². The van der Waals surface area contributed by atoms with Crippen LogP contribution in [0.2, 0.25) is 0 Å². The fourth-order valence-electron chi connectivity index (χ4n) is 4.05. The number of benzene rings is 2. The largest absolute Gasteiger partial charge is 0.490 e. The standard InChI is InChI=1S/C24H24FN3O4S.C2HF3O2/c25-19-6-8-21(9-7-19)33(31,32)27-20-15-22(24(29)30)23(26-16-20)28-12-10-18(11-13-28)14-17-4-2-1-3-5-17;3-2(4,5)1(6)7/h1-9,15-16,18,27H,10-14H2,(H,29,30);(H,6,7). The number of alkyl halides is 3. The summed E-state index contributed by atoms with van der Waals surface area (Å²) in [5.41, 5.74) is 1.24. The third kappa shape index (κ3) is 8.40. The lowest BCUT2D eigenvalue weighted by Gasteiger charge is -2.33. The van der Waals surface area contributed by atoms with Crippen LogP contribution in [0.4, 0.5) is 29.1 Å². The van der Waals surface area contributed by atoms with Crippen molar-refractivity contribution < 1.29 is 45.8 Å². The van der Waals surface area contributed by atoms with Gasteiger partial charge in [-0.3, -0.25) is 4.72 Å². The minimum absolute atomic E-state index is 0.0273. The van der Waals surface area contributed by atoms with Crippen LogP contribution in [-0.4, -0.2) is 54.8 Å². The van der Waals surface area contributed by atoms with Crippen LogP contribution in [0.5, 0.6) is 0 Å². The first-order valence-electron chi connectivity index (χ1n) is 11.9. The van der Waals surface area contributed by atoms with Crippen molar-refractivity contribution in [3.63, 3.8) is 0 Å². The lowest BCUT2D eigenvalue weighted by Crippen LogP contribution is -2.36. The molecule has 0 bridgehead atoms. The van der Waals surface area contributed by atoms with Crippen molar-refractivity contribution in [3.05, 3.63) is 83.8 Å². The molecule has 4 rings (SSSR count). The Labute approximate surface area is 227 Å². The zero-order chi connectivity index (χ0) is 29.5. The summed E-state index contributed by atoms with van der Waals surface area (Å²) in [5, 5.41) is 16.9. The highest BCUT2D eigenvalue weighted by atomic mass is 32.2. The predicted molar refractivity (Wildman–Crippen MR) is 137 cm³/mol. The number of hydrogen-bond donors (Lipinski definition) is 3. The van der Waals surface area contributed by atoms with E-state index in [4.69, 9.17) is 9.90 Å². The van der Waals surface area contributed by atoms with E-state index in [0.717, 1.165) is 43.5 Å². The van der Waals surface area contributed by atoms with Crippen molar-refractivity contribution in [3.8, 4) is 0 Å². The highest BCUT2D eigenvalue weighted by Gasteiger charge is 2.38. The van der Waals surface area contributed by atoms with Crippen LogP contribution in [0.1, 0.15) is 28.8 Å². The smallest absolute Gasteiger partial charge is 0.478 e. The summed E-state index contributed by atoms with van der Waals surface area (Å²) in [6, 6.07) is 15.9. The molecule has 1 aromatic heterocycles. The van der Waals surface area contributed by atoms with Crippen LogP contribution >= 0.6 is 0 Å². The van der Waals surface area contributed by atoms with Gasteiger partial charge in [-0.25, -0.2) is 27.4 Å². The summed E-state index contributed by atoms with van der Waals surface area (Å²) in [7, 11) is -4.01. The molecule has 0 atom stereocenters. The van der Waals surface area contributed by atoms with Gasteiger partial charge in [-0.2, -0.15) is 13.2 Å². The Morgan fingerprint density at radius 3 is 2.10 bits per heavy atom. The molecule has 0 unspecified atom stereocenters. The highest BCUT2D eigenvalue weighted by molar-refractivity contribution is 7.92. The van der Waals surface area contributed by atoms with Crippen molar-refractivity contribution in [2.24, 2.45) is 5.92 Å². The highest BCUT2D eigenvalue weighted by Crippen LogP contribution is 2.29. The van der Waals surface area contributed by atoms with Gasteiger partial charge in [0.25, 0.3) is 10.0 Å². The van der Waals surface area contributed by atoms with Crippen LogP contribution in [0.3, 0.4) is 0 Å². The monoisotopic (exact) mass is 583 g/mol. The lowest BCUT2D eigenvalue weighted by molar-refractivity contribution is -0.192. The average Bonchev–Trinajstić information content (AvgIpc) is 2.89. The number of hydrogen-bond acceptors (Lipinski definition) is 6. The number of anilines is 2. The summed E-state index contributed by atoms with van der Waals surface area (Å²) >= 11 is 0. The quantitative estimate of drug-likeness (QED) is 0.337. The topological polar surface area (TPSA) is 137 Å². The van der Waals surface area contributed by atoms with Gasteiger partial charge in [-0.1, -0.05) is 30.3 Å². The third-order valence-electron chi connectivity index (χ3n) is 6.00. The average molecular weight is 584 g/mol. The SMILES string of the molecule is O=C(O)C(F)(F)F.O=C(O)c1cc(NS(=O)(=O)c2ccc(F)cc2)cnc1N1CCC(Cc2ccccc2)CC1. The van der Waals surface area contributed by atoms with E-state index >= 15 is 0 Å². The third-order valence-corrected chi connectivity index (χ3v) is 7.39. The number of piperidine rings is 1. The van der Waals surface area contributed by atoms with Crippen molar-refractivity contribution in [2.75, 3.05) is 22.7 Å². The molecular formula is C26H25F4N3O6S. The summed E-state index contributed by atoms with van der Waals surface area (Å²) in [4.78, 5) is 26.9. The van der Waals surface area contributed by atoms with Crippen LogP contribution in [0.15, 0.2) is 71.8 Å². The van der Waals surface area contributed by atoms with Gasteiger partial charge in [-0.05, 0) is 61.1 Å². The second kappa shape index (κ2) is 12.8. The number of nitrogens with one attached hydrogen (secondary N) is 1. The molecule has 0 amide bonds. The first-order valence-corrected chi connectivity index (χ1v) is 13.4. The lowest BCUT2D eigenvalue weighted by atomic mass is 9.90. The molecule has 1 aliphatic heterocycles. The summed E-state index contributed by atoms with van der Waals surface area (Å²) in [6.45, 7) is 1.34. The molecule has 0 aliphatic carbocycles. The Morgan fingerprint density at radius 1 is 1.00 bits per heavy atom. The second-order valence-electron chi connectivity index (χ2n) is 8.88. The first-order chi connectivity index (χ1) is 18.8. The van der Waals surface area contributed by atoms with Gasteiger partial charge in [-0.15, -0.1) is 0 Å². The normalized spacial score (nSPS) is 14.2. The minimum atomic E-state index is -5.08. The summed E-state index contributed by atoms with van der Waals surface area (Å²) in [5.74, 6) is -3.66. The molecule has 1 saturated heterocycles. The molecule has 14 heteroatoms. The molecule has 2 heterocycles. The Balaban J connectivity index is 0.000000559. The van der Waals surface area contributed by atoms with E-state index in [-0.39, 0.29) is 16.1 Å².